The van der Waals surface area contributed by atoms with E-state index in [0.717, 1.165) is 11.3 Å². The Bertz CT molecular complexity index is 705. The predicted molar refractivity (Wildman–Crippen MR) is 94.1 cm³/mol. The topological polar surface area (TPSA) is 65.2 Å². The fourth-order valence-corrected chi connectivity index (χ4v) is 2.62. The Morgan fingerprint density at radius 3 is 2.61 bits per heavy atom. The summed E-state index contributed by atoms with van der Waals surface area (Å²) in [6.07, 6.45) is 1.56. The van der Waals surface area contributed by atoms with Gasteiger partial charge in [0.1, 0.15) is 0 Å². The van der Waals surface area contributed by atoms with Gasteiger partial charge in [0.2, 0.25) is 0 Å². The third-order valence-corrected chi connectivity index (χ3v) is 4.35. The van der Waals surface area contributed by atoms with E-state index in [9.17, 15) is 4.79 Å². The quantitative estimate of drug-likeness (QED) is 0.655. The molecule has 2 aromatic carbocycles. The molecule has 0 fully saturated rings. The van der Waals surface area contributed by atoms with Gasteiger partial charge in [0.05, 0.1) is 23.1 Å². The van der Waals surface area contributed by atoms with Crippen molar-refractivity contribution in [3.8, 4) is 6.07 Å². The number of carbonyl (C=O) groups is 1. The van der Waals surface area contributed by atoms with Gasteiger partial charge in [0.25, 0.3) is 5.91 Å². The number of benzene rings is 2. The summed E-state index contributed by atoms with van der Waals surface area (Å²) in [5.74, 6) is 0.658. The van der Waals surface area contributed by atoms with Crippen LogP contribution in [0.5, 0.6) is 0 Å². The zero-order chi connectivity index (χ0) is 16.5. The lowest BCUT2D eigenvalue weighted by atomic mass is 10.2. The molecule has 2 rings (SSSR count). The maximum atomic E-state index is 12.0. The number of amides is 1. The summed E-state index contributed by atoms with van der Waals surface area (Å²) in [6, 6.07) is 19.1. The number of hydrogen-bond acceptors (Lipinski definition) is 4. The van der Waals surface area contributed by atoms with Gasteiger partial charge < -0.3 is 0 Å². The summed E-state index contributed by atoms with van der Waals surface area (Å²) < 4.78 is 0. The molecule has 116 valence electrons. The third-order valence-electron chi connectivity index (χ3n) is 3.14. The number of nitrogens with one attached hydrogen (secondary N) is 1. The van der Waals surface area contributed by atoms with Gasteiger partial charge in [-0.25, -0.2) is 5.43 Å². The number of carbonyl (C=O) groups excluding carboxylic acids is 1. The van der Waals surface area contributed by atoms with Crippen molar-refractivity contribution < 1.29 is 4.79 Å². The molecule has 0 bridgehead atoms. The summed E-state index contributed by atoms with van der Waals surface area (Å²) in [6.45, 7) is 1.86. The average Bonchev–Trinajstić information content (AvgIpc) is 2.61. The largest absolute Gasteiger partial charge is 0.272 e. The molecule has 1 N–H and O–H groups in total. The monoisotopic (exact) mass is 323 g/mol. The second kappa shape index (κ2) is 8.76. The Balaban J connectivity index is 1.79. The van der Waals surface area contributed by atoms with Gasteiger partial charge in [0.15, 0.2) is 0 Å². The van der Waals surface area contributed by atoms with E-state index in [0.29, 0.717) is 5.56 Å². The number of hydrazone groups is 1. The van der Waals surface area contributed by atoms with E-state index in [1.54, 1.807) is 42.2 Å². The van der Waals surface area contributed by atoms with Crippen molar-refractivity contribution in [2.24, 2.45) is 5.10 Å². The van der Waals surface area contributed by atoms with E-state index >= 15 is 0 Å². The average molecular weight is 323 g/mol. The molecule has 0 saturated heterocycles. The fraction of sp³-hybridized carbons (Fsp3) is 0.167. The summed E-state index contributed by atoms with van der Waals surface area (Å²) in [5.41, 5.74) is 5.16. The highest BCUT2D eigenvalue weighted by molar-refractivity contribution is 7.99. The zero-order valence-electron chi connectivity index (χ0n) is 12.8. The lowest BCUT2D eigenvalue weighted by molar-refractivity contribution is -0.120. The van der Waals surface area contributed by atoms with Crippen LogP contribution < -0.4 is 5.43 Å². The fourth-order valence-electron chi connectivity index (χ4n) is 1.78. The van der Waals surface area contributed by atoms with Crippen molar-refractivity contribution in [1.82, 2.24) is 5.43 Å². The molecular formula is C18H17N3OS. The van der Waals surface area contributed by atoms with Crippen molar-refractivity contribution in [3.05, 3.63) is 71.3 Å². The highest BCUT2D eigenvalue weighted by atomic mass is 32.2. The molecule has 0 aliphatic rings. The summed E-state index contributed by atoms with van der Waals surface area (Å²) >= 11 is 1.57. The first kappa shape index (κ1) is 16.8. The Morgan fingerprint density at radius 2 is 1.96 bits per heavy atom. The minimum Gasteiger partial charge on any atom is -0.272 e. The van der Waals surface area contributed by atoms with Gasteiger partial charge in [0, 0.05) is 5.75 Å². The van der Waals surface area contributed by atoms with E-state index in [-0.39, 0.29) is 11.2 Å². The standard InChI is InChI=1S/C18H17N3OS/c1-14(23-13-17-5-3-2-4-6-17)18(22)21-20-12-16-9-7-15(11-19)8-10-16/h2-10,12,14H,13H2,1H3,(H,21,22)/b20-12+. The normalized spacial score (nSPS) is 11.8. The first-order valence-corrected chi connectivity index (χ1v) is 8.22. The lowest BCUT2D eigenvalue weighted by Gasteiger charge is -2.09. The van der Waals surface area contributed by atoms with Crippen molar-refractivity contribution >= 4 is 23.9 Å². The van der Waals surface area contributed by atoms with Crippen LogP contribution in [-0.4, -0.2) is 17.4 Å². The molecule has 2 aromatic rings. The minimum atomic E-state index is -0.187. The second-order valence-electron chi connectivity index (χ2n) is 4.91. The molecule has 4 nitrogen and oxygen atoms in total. The van der Waals surface area contributed by atoms with Crippen LogP contribution in [0, 0.1) is 11.3 Å². The van der Waals surface area contributed by atoms with Gasteiger partial charge in [-0.05, 0) is 30.2 Å². The zero-order valence-corrected chi connectivity index (χ0v) is 13.6. The van der Waals surface area contributed by atoms with Crippen LogP contribution in [0.25, 0.3) is 0 Å². The van der Waals surface area contributed by atoms with Crippen LogP contribution in [0.2, 0.25) is 0 Å². The maximum absolute atomic E-state index is 12.0. The third kappa shape index (κ3) is 5.61. The van der Waals surface area contributed by atoms with Crippen LogP contribution >= 0.6 is 11.8 Å². The predicted octanol–water partition coefficient (Wildman–Crippen LogP) is 3.33. The molecule has 0 radical (unpaired) electrons. The minimum absolute atomic E-state index is 0.129. The van der Waals surface area contributed by atoms with Crippen LogP contribution in [-0.2, 0) is 10.5 Å². The van der Waals surface area contributed by atoms with Gasteiger partial charge in [-0.2, -0.15) is 10.4 Å². The highest BCUT2D eigenvalue weighted by Crippen LogP contribution is 2.17. The van der Waals surface area contributed by atoms with Crippen molar-refractivity contribution in [3.63, 3.8) is 0 Å². The van der Waals surface area contributed by atoms with Crippen molar-refractivity contribution in [2.45, 2.75) is 17.9 Å². The van der Waals surface area contributed by atoms with Crippen LogP contribution in [0.1, 0.15) is 23.6 Å². The molecule has 0 saturated carbocycles. The molecule has 0 heterocycles. The second-order valence-corrected chi connectivity index (χ2v) is 6.24. The van der Waals surface area contributed by atoms with E-state index < -0.39 is 0 Å². The highest BCUT2D eigenvalue weighted by Gasteiger charge is 2.12. The van der Waals surface area contributed by atoms with E-state index in [1.807, 2.05) is 37.3 Å². The number of hydrogen-bond donors (Lipinski definition) is 1. The van der Waals surface area contributed by atoms with Gasteiger partial charge in [-0.15, -0.1) is 11.8 Å². The summed E-state index contributed by atoms with van der Waals surface area (Å²) in [5, 5.41) is 12.5. The first-order chi connectivity index (χ1) is 11.2. The molecule has 1 amide bonds. The van der Waals surface area contributed by atoms with E-state index in [4.69, 9.17) is 5.26 Å². The molecule has 1 atom stereocenters. The Labute approximate surface area is 140 Å². The van der Waals surface area contributed by atoms with E-state index in [1.165, 1.54) is 5.56 Å². The molecular weight excluding hydrogens is 306 g/mol. The number of thioether (sulfide) groups is 1. The van der Waals surface area contributed by atoms with Gasteiger partial charge in [-0.1, -0.05) is 42.5 Å². The molecule has 0 aliphatic carbocycles. The molecule has 23 heavy (non-hydrogen) atoms. The smallest absolute Gasteiger partial charge is 0.252 e. The van der Waals surface area contributed by atoms with Gasteiger partial charge >= 0.3 is 0 Å². The van der Waals surface area contributed by atoms with Crippen molar-refractivity contribution in [1.29, 1.82) is 5.26 Å². The van der Waals surface area contributed by atoms with Gasteiger partial charge in [-0.3, -0.25) is 4.79 Å². The number of nitriles is 1. The van der Waals surface area contributed by atoms with Crippen LogP contribution in [0.3, 0.4) is 0 Å². The lowest BCUT2D eigenvalue weighted by Crippen LogP contribution is -2.26. The Morgan fingerprint density at radius 1 is 1.26 bits per heavy atom. The SMILES string of the molecule is CC(SCc1ccccc1)C(=O)N/N=C/c1ccc(C#N)cc1. The molecule has 5 heteroatoms. The number of rotatable bonds is 6. The van der Waals surface area contributed by atoms with Crippen LogP contribution in [0.15, 0.2) is 59.7 Å². The molecule has 0 aromatic heterocycles. The first-order valence-electron chi connectivity index (χ1n) is 7.17. The molecule has 0 spiro atoms. The molecule has 0 aliphatic heterocycles. The van der Waals surface area contributed by atoms with Crippen LogP contribution in [0.4, 0.5) is 0 Å². The summed E-state index contributed by atoms with van der Waals surface area (Å²) in [4.78, 5) is 12.0. The number of nitrogens with zero attached hydrogens (tertiary/aromatic N) is 2. The Hall–Kier alpha value is -2.58. The Kier molecular flexibility index (Phi) is 6.40. The molecule has 1 unspecified atom stereocenters. The van der Waals surface area contributed by atoms with Crippen molar-refractivity contribution in [2.75, 3.05) is 0 Å². The maximum Gasteiger partial charge on any atom is 0.252 e. The summed E-state index contributed by atoms with van der Waals surface area (Å²) in [7, 11) is 0. The van der Waals surface area contributed by atoms with E-state index in [2.05, 4.69) is 16.6 Å².